The number of nitrogens with zero attached hydrogens (tertiary/aromatic N) is 1. The van der Waals surface area contributed by atoms with Crippen molar-refractivity contribution in [2.24, 2.45) is 5.41 Å². The molecule has 2 unspecified atom stereocenters. The van der Waals surface area contributed by atoms with Crippen molar-refractivity contribution in [2.45, 2.75) is 53.6 Å². The van der Waals surface area contributed by atoms with Gasteiger partial charge in [-0.05, 0) is 44.0 Å². The molecule has 0 amide bonds. The van der Waals surface area contributed by atoms with E-state index in [1.165, 1.54) is 11.1 Å². The Balaban J connectivity index is 2.86. The highest BCUT2D eigenvalue weighted by Crippen LogP contribution is 2.25. The van der Waals surface area contributed by atoms with Gasteiger partial charge in [-0.1, -0.05) is 52.0 Å². The van der Waals surface area contributed by atoms with Gasteiger partial charge in [0.1, 0.15) is 0 Å². The van der Waals surface area contributed by atoms with Crippen molar-refractivity contribution in [1.82, 2.24) is 10.2 Å². The highest BCUT2D eigenvalue weighted by atomic mass is 15.2. The Morgan fingerprint density at radius 2 is 1.80 bits per heavy atom. The zero-order chi connectivity index (χ0) is 15.3. The van der Waals surface area contributed by atoms with Crippen molar-refractivity contribution in [3.05, 3.63) is 35.4 Å². The summed E-state index contributed by atoms with van der Waals surface area (Å²) in [5.74, 6) is 0. The molecule has 1 aromatic carbocycles. The van der Waals surface area contributed by atoms with Crippen molar-refractivity contribution in [1.29, 1.82) is 0 Å². The number of hydrogen-bond acceptors (Lipinski definition) is 2. The first kappa shape index (κ1) is 17.2. The summed E-state index contributed by atoms with van der Waals surface area (Å²) >= 11 is 0. The molecular formula is C18H32N2. The van der Waals surface area contributed by atoms with Crippen molar-refractivity contribution < 1.29 is 0 Å². The first-order valence-electron chi connectivity index (χ1n) is 7.76. The maximum Gasteiger partial charge on any atom is 0.0451 e. The minimum absolute atomic E-state index is 0.303. The molecule has 2 nitrogen and oxygen atoms in total. The number of likely N-dealkylation sites (N-methyl/N-ethyl adjacent to an activating group) is 2. The van der Waals surface area contributed by atoms with E-state index < -0.39 is 0 Å². The minimum atomic E-state index is 0.303. The lowest BCUT2D eigenvalue weighted by Crippen LogP contribution is -2.43. The summed E-state index contributed by atoms with van der Waals surface area (Å²) in [6.45, 7) is 15.7. The second kappa shape index (κ2) is 7.24. The lowest BCUT2D eigenvalue weighted by atomic mass is 9.86. The minimum Gasteiger partial charge on any atom is -0.309 e. The van der Waals surface area contributed by atoms with Gasteiger partial charge in [0.15, 0.2) is 0 Å². The summed E-state index contributed by atoms with van der Waals surface area (Å²) in [4.78, 5) is 2.47. The molecule has 0 fully saturated rings. The van der Waals surface area contributed by atoms with Crippen molar-refractivity contribution in [3.8, 4) is 0 Å². The predicted molar refractivity (Wildman–Crippen MR) is 89.1 cm³/mol. The van der Waals surface area contributed by atoms with E-state index in [0.29, 0.717) is 17.5 Å². The molecule has 1 N–H and O–H groups in total. The zero-order valence-electron chi connectivity index (χ0n) is 14.3. The molecule has 114 valence electrons. The summed E-state index contributed by atoms with van der Waals surface area (Å²) in [5.41, 5.74) is 3.09. The largest absolute Gasteiger partial charge is 0.309 e. The Morgan fingerprint density at radius 3 is 2.30 bits per heavy atom. The molecular weight excluding hydrogens is 244 g/mol. The van der Waals surface area contributed by atoms with Crippen LogP contribution in [0.1, 0.15) is 51.8 Å². The normalized spacial score (nSPS) is 15.4. The van der Waals surface area contributed by atoms with Gasteiger partial charge in [0, 0.05) is 18.6 Å². The average molecular weight is 276 g/mol. The molecule has 20 heavy (non-hydrogen) atoms. The van der Waals surface area contributed by atoms with Gasteiger partial charge in [0.25, 0.3) is 0 Å². The Kier molecular flexibility index (Phi) is 6.22. The topological polar surface area (TPSA) is 15.3 Å². The molecule has 0 saturated heterocycles. The second-order valence-electron chi connectivity index (χ2n) is 6.95. The predicted octanol–water partition coefficient (Wildman–Crippen LogP) is 4.01. The third kappa shape index (κ3) is 4.60. The quantitative estimate of drug-likeness (QED) is 0.844. The molecule has 0 radical (unpaired) electrons. The highest BCUT2D eigenvalue weighted by Gasteiger charge is 2.26. The SMILES string of the molecule is CCNC(CN(C)C(C)C(C)(C)C)c1ccccc1C. The van der Waals surface area contributed by atoms with Gasteiger partial charge in [-0.25, -0.2) is 0 Å². The van der Waals surface area contributed by atoms with Crippen molar-refractivity contribution in [3.63, 3.8) is 0 Å². The zero-order valence-corrected chi connectivity index (χ0v) is 14.3. The van der Waals surface area contributed by atoms with E-state index in [9.17, 15) is 0 Å². The van der Waals surface area contributed by atoms with E-state index in [-0.39, 0.29) is 0 Å². The molecule has 2 atom stereocenters. The van der Waals surface area contributed by atoms with Gasteiger partial charge >= 0.3 is 0 Å². The van der Waals surface area contributed by atoms with Gasteiger partial charge in [0.2, 0.25) is 0 Å². The van der Waals surface area contributed by atoms with Crippen molar-refractivity contribution >= 4 is 0 Å². The van der Waals surface area contributed by atoms with E-state index in [1.807, 2.05) is 0 Å². The molecule has 0 spiro atoms. The summed E-state index contributed by atoms with van der Waals surface area (Å²) in [6.07, 6.45) is 0. The lowest BCUT2D eigenvalue weighted by Gasteiger charge is -2.37. The van der Waals surface area contributed by atoms with Crippen LogP contribution in [-0.4, -0.2) is 31.1 Å². The number of benzene rings is 1. The van der Waals surface area contributed by atoms with E-state index >= 15 is 0 Å². The number of nitrogens with one attached hydrogen (secondary N) is 1. The van der Waals surface area contributed by atoms with Crippen LogP contribution in [0.4, 0.5) is 0 Å². The number of rotatable bonds is 6. The van der Waals surface area contributed by atoms with Crippen LogP contribution in [0.2, 0.25) is 0 Å². The van der Waals surface area contributed by atoms with Crippen LogP contribution in [0.5, 0.6) is 0 Å². The fraction of sp³-hybridized carbons (Fsp3) is 0.667. The lowest BCUT2D eigenvalue weighted by molar-refractivity contribution is 0.129. The molecule has 0 aliphatic rings. The molecule has 2 heteroatoms. The second-order valence-corrected chi connectivity index (χ2v) is 6.95. The van der Waals surface area contributed by atoms with Crippen molar-refractivity contribution in [2.75, 3.05) is 20.1 Å². The molecule has 1 aromatic rings. The van der Waals surface area contributed by atoms with Crippen LogP contribution in [0, 0.1) is 12.3 Å². The summed E-state index contributed by atoms with van der Waals surface area (Å²) in [5, 5.41) is 3.64. The van der Waals surface area contributed by atoms with Crippen LogP contribution in [0.25, 0.3) is 0 Å². The third-order valence-electron chi connectivity index (χ3n) is 4.40. The first-order chi connectivity index (χ1) is 9.27. The van der Waals surface area contributed by atoms with Crippen LogP contribution in [-0.2, 0) is 0 Å². The van der Waals surface area contributed by atoms with Gasteiger partial charge in [-0.2, -0.15) is 0 Å². The molecule has 0 aliphatic carbocycles. The van der Waals surface area contributed by atoms with Gasteiger partial charge in [-0.3, -0.25) is 0 Å². The fourth-order valence-corrected chi connectivity index (χ4v) is 2.60. The van der Waals surface area contributed by atoms with Crippen LogP contribution < -0.4 is 5.32 Å². The molecule has 1 rings (SSSR count). The number of hydrogen-bond donors (Lipinski definition) is 1. The monoisotopic (exact) mass is 276 g/mol. The van der Waals surface area contributed by atoms with Gasteiger partial charge in [-0.15, -0.1) is 0 Å². The van der Waals surface area contributed by atoms with E-state index in [2.05, 4.69) is 83.1 Å². The average Bonchev–Trinajstić information content (AvgIpc) is 2.36. The maximum absolute atomic E-state index is 3.64. The van der Waals surface area contributed by atoms with Crippen LogP contribution in [0.15, 0.2) is 24.3 Å². The van der Waals surface area contributed by atoms with Gasteiger partial charge < -0.3 is 10.2 Å². The fourth-order valence-electron chi connectivity index (χ4n) is 2.60. The highest BCUT2D eigenvalue weighted by molar-refractivity contribution is 5.29. The Bertz CT molecular complexity index is 406. The molecule has 0 bridgehead atoms. The Hall–Kier alpha value is -0.860. The maximum atomic E-state index is 3.64. The third-order valence-corrected chi connectivity index (χ3v) is 4.40. The summed E-state index contributed by atoms with van der Waals surface area (Å²) in [6, 6.07) is 9.65. The summed E-state index contributed by atoms with van der Waals surface area (Å²) in [7, 11) is 2.23. The van der Waals surface area contributed by atoms with E-state index in [4.69, 9.17) is 0 Å². The van der Waals surface area contributed by atoms with Gasteiger partial charge in [0.05, 0.1) is 0 Å². The van der Waals surface area contributed by atoms with E-state index in [1.54, 1.807) is 0 Å². The van der Waals surface area contributed by atoms with Crippen LogP contribution in [0.3, 0.4) is 0 Å². The molecule has 0 saturated carbocycles. The Morgan fingerprint density at radius 1 is 1.20 bits per heavy atom. The summed E-state index contributed by atoms with van der Waals surface area (Å²) < 4.78 is 0. The van der Waals surface area contributed by atoms with Crippen LogP contribution >= 0.6 is 0 Å². The molecule has 0 heterocycles. The molecule has 0 aromatic heterocycles. The smallest absolute Gasteiger partial charge is 0.0451 e. The first-order valence-corrected chi connectivity index (χ1v) is 7.76. The molecule has 0 aliphatic heterocycles. The number of aryl methyl sites for hydroxylation is 1. The Labute approximate surface area is 125 Å². The van der Waals surface area contributed by atoms with E-state index in [0.717, 1.165) is 13.1 Å². The standard InChI is InChI=1S/C18H32N2/c1-8-19-17(16-12-10-9-11-14(16)2)13-20(7)15(3)18(4,5)6/h9-12,15,17,19H,8,13H2,1-7H3.